The van der Waals surface area contributed by atoms with E-state index in [0.29, 0.717) is 17.7 Å². The lowest BCUT2D eigenvalue weighted by Crippen LogP contribution is -1.99. The number of hydrogen-bond acceptors (Lipinski definition) is 6. The maximum atomic E-state index is 5.73. The smallest absolute Gasteiger partial charge is 0.276 e. The maximum Gasteiger partial charge on any atom is 0.276 e. The third-order valence-electron chi connectivity index (χ3n) is 3.51. The highest BCUT2D eigenvalue weighted by atomic mass is 32.2. The van der Waals surface area contributed by atoms with E-state index in [9.17, 15) is 0 Å². The van der Waals surface area contributed by atoms with Crippen LogP contribution in [0.1, 0.15) is 11.1 Å². The van der Waals surface area contributed by atoms with Crippen molar-refractivity contribution in [2.75, 3.05) is 19.5 Å². The number of ether oxygens (including phenoxy) is 2. The average molecular weight is 356 g/mol. The van der Waals surface area contributed by atoms with Crippen LogP contribution in [0.25, 0.3) is 11.5 Å². The highest BCUT2D eigenvalue weighted by Gasteiger charge is 2.10. The Hall–Kier alpha value is -2.47. The van der Waals surface area contributed by atoms with E-state index in [-0.39, 0.29) is 0 Å². The fraction of sp³-hybridized carbons (Fsp3) is 0.263. The largest absolute Gasteiger partial charge is 0.497 e. The number of aromatic nitrogens is 2. The van der Waals surface area contributed by atoms with Crippen LogP contribution in [0.2, 0.25) is 0 Å². The second-order valence-corrected chi connectivity index (χ2v) is 6.67. The third-order valence-corrected chi connectivity index (χ3v) is 4.29. The lowest BCUT2D eigenvalue weighted by Gasteiger charge is -2.05. The summed E-state index contributed by atoms with van der Waals surface area (Å²) in [7, 11) is 1.64. The van der Waals surface area contributed by atoms with Crippen LogP contribution < -0.4 is 9.47 Å². The quantitative estimate of drug-likeness (QED) is 0.458. The molecular weight excluding hydrogens is 336 g/mol. The summed E-state index contributed by atoms with van der Waals surface area (Å²) in [5, 5.41) is 8.77. The molecule has 0 aliphatic carbocycles. The Bertz CT molecular complexity index is 811. The van der Waals surface area contributed by atoms with E-state index in [4.69, 9.17) is 13.9 Å². The van der Waals surface area contributed by atoms with Gasteiger partial charge in [0.2, 0.25) is 5.89 Å². The highest BCUT2D eigenvalue weighted by molar-refractivity contribution is 7.99. The molecule has 0 fully saturated rings. The molecule has 5 nitrogen and oxygen atoms in total. The molecule has 3 aromatic rings. The van der Waals surface area contributed by atoms with Crippen molar-refractivity contribution in [3.05, 3.63) is 53.6 Å². The van der Waals surface area contributed by atoms with E-state index in [2.05, 4.69) is 30.1 Å². The molecule has 6 heteroatoms. The molecule has 1 aromatic heterocycles. The predicted octanol–water partition coefficient (Wildman–Crippen LogP) is 4.53. The second kappa shape index (κ2) is 8.07. The summed E-state index contributed by atoms with van der Waals surface area (Å²) in [4.78, 5) is 0. The fourth-order valence-electron chi connectivity index (χ4n) is 2.44. The minimum absolute atomic E-state index is 0.547. The zero-order valence-corrected chi connectivity index (χ0v) is 15.3. The van der Waals surface area contributed by atoms with Crippen LogP contribution in [-0.2, 0) is 0 Å². The van der Waals surface area contributed by atoms with Gasteiger partial charge in [-0.05, 0) is 50.2 Å². The van der Waals surface area contributed by atoms with Crippen molar-refractivity contribution in [1.29, 1.82) is 0 Å². The Labute approximate surface area is 151 Å². The normalized spacial score (nSPS) is 10.7. The van der Waals surface area contributed by atoms with Gasteiger partial charge >= 0.3 is 0 Å². The van der Waals surface area contributed by atoms with Crippen LogP contribution >= 0.6 is 11.8 Å². The van der Waals surface area contributed by atoms with Crippen molar-refractivity contribution in [3.8, 4) is 23.0 Å². The molecule has 0 aliphatic heterocycles. The van der Waals surface area contributed by atoms with Gasteiger partial charge in [-0.1, -0.05) is 29.0 Å². The summed E-state index contributed by atoms with van der Waals surface area (Å²) < 4.78 is 16.5. The van der Waals surface area contributed by atoms with Gasteiger partial charge in [-0.15, -0.1) is 10.2 Å². The van der Waals surface area contributed by atoms with Gasteiger partial charge in [0, 0.05) is 11.3 Å². The standard InChI is InChI=1S/C19H20N2O3S/c1-13-10-14(2)12-15(11-13)18-20-21-19(24-18)25-9-8-23-17-6-4-16(22-3)5-7-17/h4-7,10-12H,8-9H2,1-3H3. The van der Waals surface area contributed by atoms with Crippen molar-refractivity contribution in [1.82, 2.24) is 10.2 Å². The van der Waals surface area contributed by atoms with Crippen LogP contribution in [-0.4, -0.2) is 29.7 Å². The Kier molecular flexibility index (Phi) is 5.60. The average Bonchev–Trinajstić information content (AvgIpc) is 3.07. The fourth-order valence-corrected chi connectivity index (χ4v) is 3.02. The first-order valence-electron chi connectivity index (χ1n) is 7.96. The van der Waals surface area contributed by atoms with E-state index in [0.717, 1.165) is 22.8 Å². The molecule has 2 aromatic carbocycles. The molecule has 0 aliphatic rings. The van der Waals surface area contributed by atoms with E-state index in [1.165, 1.54) is 22.9 Å². The number of nitrogens with zero attached hydrogens (tertiary/aromatic N) is 2. The third kappa shape index (κ3) is 4.76. The van der Waals surface area contributed by atoms with Gasteiger partial charge in [-0.25, -0.2) is 0 Å². The molecule has 0 amide bonds. The highest BCUT2D eigenvalue weighted by Crippen LogP contribution is 2.25. The number of hydrogen-bond donors (Lipinski definition) is 0. The zero-order chi connectivity index (χ0) is 17.6. The van der Waals surface area contributed by atoms with E-state index in [1.54, 1.807) is 7.11 Å². The number of rotatable bonds is 7. The summed E-state index contributed by atoms with van der Waals surface area (Å²) >= 11 is 1.48. The zero-order valence-electron chi connectivity index (χ0n) is 14.5. The second-order valence-electron chi connectivity index (χ2n) is 5.62. The maximum absolute atomic E-state index is 5.73. The summed E-state index contributed by atoms with van der Waals surface area (Å²) in [5.74, 6) is 2.89. The van der Waals surface area contributed by atoms with Gasteiger partial charge in [0.1, 0.15) is 11.5 Å². The molecule has 0 spiro atoms. The number of thioether (sulfide) groups is 1. The van der Waals surface area contributed by atoms with E-state index < -0.39 is 0 Å². The minimum Gasteiger partial charge on any atom is -0.497 e. The molecule has 0 radical (unpaired) electrons. The molecule has 1 heterocycles. The molecule has 130 valence electrons. The van der Waals surface area contributed by atoms with Crippen LogP contribution in [0, 0.1) is 13.8 Å². The molecule has 0 atom stereocenters. The molecule has 0 N–H and O–H groups in total. The van der Waals surface area contributed by atoms with Gasteiger partial charge in [-0.2, -0.15) is 0 Å². The van der Waals surface area contributed by atoms with Crippen molar-refractivity contribution in [3.63, 3.8) is 0 Å². The van der Waals surface area contributed by atoms with Crippen molar-refractivity contribution >= 4 is 11.8 Å². The van der Waals surface area contributed by atoms with Crippen molar-refractivity contribution in [2.24, 2.45) is 0 Å². The van der Waals surface area contributed by atoms with Crippen LogP contribution in [0.5, 0.6) is 11.5 Å². The van der Waals surface area contributed by atoms with Gasteiger partial charge in [0.05, 0.1) is 13.7 Å². The molecule has 0 bridgehead atoms. The van der Waals surface area contributed by atoms with Gasteiger partial charge in [0.15, 0.2) is 0 Å². The number of methoxy groups -OCH3 is 1. The molecule has 0 saturated carbocycles. The number of benzene rings is 2. The molecular formula is C19H20N2O3S. The van der Waals surface area contributed by atoms with Gasteiger partial charge in [0.25, 0.3) is 5.22 Å². The Morgan fingerprint density at radius 2 is 1.64 bits per heavy atom. The molecule has 0 saturated heterocycles. The lowest BCUT2D eigenvalue weighted by molar-refractivity contribution is 0.342. The summed E-state index contributed by atoms with van der Waals surface area (Å²) in [6, 6.07) is 13.7. The van der Waals surface area contributed by atoms with Crippen molar-refractivity contribution < 1.29 is 13.9 Å². The Morgan fingerprint density at radius 3 is 2.32 bits per heavy atom. The summed E-state index contributed by atoms with van der Waals surface area (Å²) in [6.07, 6.45) is 0. The number of aryl methyl sites for hydroxylation is 2. The summed E-state index contributed by atoms with van der Waals surface area (Å²) in [6.45, 7) is 4.66. The van der Waals surface area contributed by atoms with Crippen LogP contribution in [0.4, 0.5) is 0 Å². The first-order valence-corrected chi connectivity index (χ1v) is 8.94. The SMILES string of the molecule is COc1ccc(OCCSc2nnc(-c3cc(C)cc(C)c3)o2)cc1. The predicted molar refractivity (Wildman–Crippen MR) is 98.4 cm³/mol. The molecule has 25 heavy (non-hydrogen) atoms. The Balaban J connectivity index is 1.51. The topological polar surface area (TPSA) is 57.4 Å². The molecule has 0 unspecified atom stereocenters. The monoisotopic (exact) mass is 356 g/mol. The van der Waals surface area contributed by atoms with Gasteiger partial charge < -0.3 is 13.9 Å². The molecule has 3 rings (SSSR count). The van der Waals surface area contributed by atoms with Crippen LogP contribution in [0.3, 0.4) is 0 Å². The lowest BCUT2D eigenvalue weighted by atomic mass is 10.1. The van der Waals surface area contributed by atoms with Gasteiger partial charge in [-0.3, -0.25) is 0 Å². The van der Waals surface area contributed by atoms with E-state index >= 15 is 0 Å². The first-order chi connectivity index (χ1) is 12.1. The Morgan fingerprint density at radius 1 is 0.960 bits per heavy atom. The van der Waals surface area contributed by atoms with Crippen LogP contribution in [0.15, 0.2) is 52.1 Å². The summed E-state index contributed by atoms with van der Waals surface area (Å²) in [5.41, 5.74) is 3.30. The minimum atomic E-state index is 0.547. The van der Waals surface area contributed by atoms with Crippen molar-refractivity contribution in [2.45, 2.75) is 19.1 Å². The first kappa shape index (κ1) is 17.4. The van der Waals surface area contributed by atoms with E-state index in [1.807, 2.05) is 36.4 Å².